The summed E-state index contributed by atoms with van der Waals surface area (Å²) in [4.78, 5) is 2.55. The zero-order valence-electron chi connectivity index (χ0n) is 14.9. The van der Waals surface area contributed by atoms with Gasteiger partial charge in [-0.25, -0.2) is 0 Å². The van der Waals surface area contributed by atoms with Gasteiger partial charge in [-0.2, -0.15) is 0 Å². The average molecular weight is 360 g/mol. The zero-order chi connectivity index (χ0) is 18.1. The number of aryl methyl sites for hydroxylation is 1. The van der Waals surface area contributed by atoms with Crippen LogP contribution in [0.4, 0.5) is 0 Å². The molecule has 0 aliphatic rings. The lowest BCUT2D eigenvalue weighted by atomic mass is 9.93. The molecule has 0 fully saturated rings. The van der Waals surface area contributed by atoms with Crippen molar-refractivity contribution in [1.82, 2.24) is 0 Å². The van der Waals surface area contributed by atoms with E-state index in [-0.39, 0.29) is 13.2 Å². The third kappa shape index (κ3) is 6.08. The summed E-state index contributed by atoms with van der Waals surface area (Å²) in [6, 6.07) is 12.8. The number of rotatable bonds is 10. The minimum absolute atomic E-state index is 0.203. The van der Waals surface area contributed by atoms with Crippen LogP contribution < -0.4 is 5.73 Å². The predicted molar refractivity (Wildman–Crippen MR) is 108 cm³/mol. The highest BCUT2D eigenvalue weighted by Gasteiger charge is 2.22. The highest BCUT2D eigenvalue weighted by molar-refractivity contribution is 7.16. The Labute approximate surface area is 154 Å². The lowest BCUT2D eigenvalue weighted by Crippen LogP contribution is -2.47. The molecule has 0 radical (unpaired) electrons. The van der Waals surface area contributed by atoms with Crippen LogP contribution in [0.1, 0.15) is 43.0 Å². The Morgan fingerprint density at radius 1 is 1.08 bits per heavy atom. The number of aliphatic hydroxyl groups is 2. The number of thiophene rings is 1. The summed E-state index contributed by atoms with van der Waals surface area (Å²) in [5, 5.41) is 18.5. The van der Waals surface area contributed by atoms with Gasteiger partial charge in [0.05, 0.1) is 18.8 Å². The molecule has 4 heteroatoms. The highest BCUT2D eigenvalue weighted by Crippen LogP contribution is 2.29. The van der Waals surface area contributed by atoms with E-state index in [1.807, 2.05) is 0 Å². The van der Waals surface area contributed by atoms with Gasteiger partial charge < -0.3 is 15.9 Å². The van der Waals surface area contributed by atoms with E-state index >= 15 is 0 Å². The molecule has 136 valence electrons. The van der Waals surface area contributed by atoms with Crippen molar-refractivity contribution in [3.63, 3.8) is 0 Å². The fourth-order valence-corrected chi connectivity index (χ4v) is 3.50. The van der Waals surface area contributed by atoms with Crippen LogP contribution >= 0.6 is 11.3 Å². The van der Waals surface area contributed by atoms with Crippen molar-refractivity contribution >= 4 is 17.4 Å². The summed E-state index contributed by atoms with van der Waals surface area (Å²) in [7, 11) is 0. The van der Waals surface area contributed by atoms with Gasteiger partial charge >= 0.3 is 0 Å². The molecule has 2 rings (SSSR count). The molecule has 0 spiro atoms. The lowest BCUT2D eigenvalue weighted by molar-refractivity contribution is 0.115. The molecule has 0 aliphatic carbocycles. The Morgan fingerprint density at radius 2 is 1.80 bits per heavy atom. The van der Waals surface area contributed by atoms with E-state index < -0.39 is 5.54 Å². The number of hydrogen-bond donors (Lipinski definition) is 3. The van der Waals surface area contributed by atoms with E-state index in [4.69, 9.17) is 5.73 Å². The van der Waals surface area contributed by atoms with E-state index in [1.165, 1.54) is 28.2 Å². The quantitative estimate of drug-likeness (QED) is 0.556. The molecule has 1 aromatic carbocycles. The summed E-state index contributed by atoms with van der Waals surface area (Å²) < 4.78 is 0. The van der Waals surface area contributed by atoms with Crippen molar-refractivity contribution in [2.45, 2.75) is 44.6 Å². The number of allylic oxidation sites excluding steroid dienone is 1. The van der Waals surface area contributed by atoms with Crippen molar-refractivity contribution in [2.24, 2.45) is 5.73 Å². The third-order valence-corrected chi connectivity index (χ3v) is 5.51. The van der Waals surface area contributed by atoms with Crippen LogP contribution in [-0.2, 0) is 6.42 Å². The van der Waals surface area contributed by atoms with Gasteiger partial charge in [-0.15, -0.1) is 11.3 Å². The molecule has 0 unspecified atom stereocenters. The van der Waals surface area contributed by atoms with E-state index in [0.717, 1.165) is 18.4 Å². The molecule has 3 nitrogen and oxygen atoms in total. The second-order valence-electron chi connectivity index (χ2n) is 6.62. The van der Waals surface area contributed by atoms with E-state index in [0.29, 0.717) is 6.42 Å². The van der Waals surface area contributed by atoms with Crippen LogP contribution in [0.25, 0.3) is 16.5 Å². The molecule has 0 amide bonds. The number of aliphatic hydroxyl groups excluding tert-OH is 2. The fourth-order valence-electron chi connectivity index (χ4n) is 2.56. The maximum Gasteiger partial charge on any atom is 0.0633 e. The van der Waals surface area contributed by atoms with Crippen LogP contribution in [-0.4, -0.2) is 29.0 Å². The number of benzene rings is 1. The SMILES string of the molecule is CCCC/C=C/c1ccc(-c2ccc(CCC(N)(CO)CO)cc2)s1. The molecular formula is C21H29NO2S. The topological polar surface area (TPSA) is 66.5 Å². The van der Waals surface area contributed by atoms with E-state index in [9.17, 15) is 10.2 Å². The van der Waals surface area contributed by atoms with Crippen molar-refractivity contribution < 1.29 is 10.2 Å². The minimum Gasteiger partial charge on any atom is -0.394 e. The molecule has 0 aliphatic heterocycles. The van der Waals surface area contributed by atoms with Gasteiger partial charge in [-0.1, -0.05) is 50.1 Å². The first kappa shape index (κ1) is 19.9. The molecule has 0 saturated heterocycles. The van der Waals surface area contributed by atoms with Crippen molar-refractivity contribution in [1.29, 1.82) is 0 Å². The van der Waals surface area contributed by atoms with Crippen molar-refractivity contribution in [3.8, 4) is 10.4 Å². The Kier molecular flexibility index (Phi) is 7.85. The third-order valence-electron chi connectivity index (χ3n) is 4.41. The second-order valence-corrected chi connectivity index (χ2v) is 7.74. The first-order chi connectivity index (χ1) is 12.1. The minimum atomic E-state index is -0.897. The Bertz CT molecular complexity index is 657. The molecule has 0 bridgehead atoms. The Hall–Kier alpha value is -1.46. The van der Waals surface area contributed by atoms with Gasteiger partial charge in [0.25, 0.3) is 0 Å². The molecule has 1 heterocycles. The van der Waals surface area contributed by atoms with Crippen molar-refractivity contribution in [2.75, 3.05) is 13.2 Å². The van der Waals surface area contributed by atoms with Crippen molar-refractivity contribution in [3.05, 3.63) is 52.9 Å². The summed E-state index contributed by atoms with van der Waals surface area (Å²) >= 11 is 1.80. The zero-order valence-corrected chi connectivity index (χ0v) is 15.8. The smallest absolute Gasteiger partial charge is 0.0633 e. The summed E-state index contributed by atoms with van der Waals surface area (Å²) in [6.07, 6.45) is 9.38. The highest BCUT2D eigenvalue weighted by atomic mass is 32.1. The van der Waals surface area contributed by atoms with Crippen LogP contribution in [0.15, 0.2) is 42.5 Å². The average Bonchev–Trinajstić information content (AvgIpc) is 3.13. The standard InChI is InChI=1S/C21H29NO2S/c1-2-3-4-5-6-19-11-12-20(25-19)18-9-7-17(8-10-18)13-14-21(22,15-23)16-24/h5-12,23-24H,2-4,13-16,22H2,1H3/b6-5+. The monoisotopic (exact) mass is 359 g/mol. The van der Waals surface area contributed by atoms with Gasteiger partial charge in [0.1, 0.15) is 0 Å². The van der Waals surface area contributed by atoms with Gasteiger partial charge in [0.2, 0.25) is 0 Å². The van der Waals surface area contributed by atoms with Gasteiger partial charge in [0, 0.05) is 9.75 Å². The fraction of sp³-hybridized carbons (Fsp3) is 0.429. The maximum atomic E-state index is 9.26. The molecule has 25 heavy (non-hydrogen) atoms. The molecule has 1 aromatic heterocycles. The lowest BCUT2D eigenvalue weighted by Gasteiger charge is -2.24. The molecule has 0 saturated carbocycles. The summed E-state index contributed by atoms with van der Waals surface area (Å²) in [5.41, 5.74) is 7.40. The van der Waals surface area contributed by atoms with Gasteiger partial charge in [-0.05, 0) is 48.6 Å². The van der Waals surface area contributed by atoms with Crippen LogP contribution in [0.3, 0.4) is 0 Å². The normalized spacial score (nSPS) is 12.2. The molecule has 0 atom stereocenters. The Morgan fingerprint density at radius 3 is 2.44 bits per heavy atom. The number of unbranched alkanes of at least 4 members (excludes halogenated alkanes) is 2. The van der Waals surface area contributed by atoms with Crippen LogP contribution in [0.5, 0.6) is 0 Å². The summed E-state index contributed by atoms with van der Waals surface area (Å²) in [5.74, 6) is 0. The number of hydrogen-bond acceptors (Lipinski definition) is 4. The molecule has 4 N–H and O–H groups in total. The first-order valence-corrected chi connectivity index (χ1v) is 9.78. The maximum absolute atomic E-state index is 9.26. The van der Waals surface area contributed by atoms with E-state index in [1.54, 1.807) is 11.3 Å². The second kappa shape index (κ2) is 9.88. The number of nitrogens with two attached hydrogens (primary N) is 1. The molecule has 2 aromatic rings. The largest absolute Gasteiger partial charge is 0.394 e. The van der Waals surface area contributed by atoms with Gasteiger partial charge in [0.15, 0.2) is 0 Å². The van der Waals surface area contributed by atoms with Crippen LogP contribution in [0.2, 0.25) is 0 Å². The Balaban J connectivity index is 1.96. The molecular weight excluding hydrogens is 330 g/mol. The van der Waals surface area contributed by atoms with Gasteiger partial charge in [-0.3, -0.25) is 0 Å². The predicted octanol–water partition coefficient (Wildman–Crippen LogP) is 4.23. The first-order valence-electron chi connectivity index (χ1n) is 8.96. The van der Waals surface area contributed by atoms with E-state index in [2.05, 4.69) is 55.5 Å². The summed E-state index contributed by atoms with van der Waals surface area (Å²) in [6.45, 7) is 1.80. The van der Waals surface area contributed by atoms with Crippen LogP contribution in [0, 0.1) is 0 Å².